The van der Waals surface area contributed by atoms with Gasteiger partial charge in [-0.2, -0.15) is 0 Å². The van der Waals surface area contributed by atoms with Crippen molar-refractivity contribution in [3.63, 3.8) is 0 Å². The third-order valence-electron chi connectivity index (χ3n) is 4.61. The van der Waals surface area contributed by atoms with Crippen LogP contribution in [0.25, 0.3) is 0 Å². The van der Waals surface area contributed by atoms with E-state index in [2.05, 4.69) is 28.1 Å². The van der Waals surface area contributed by atoms with Crippen LogP contribution in [-0.2, 0) is 4.79 Å². The lowest BCUT2D eigenvalue weighted by molar-refractivity contribution is -0.121. The second-order valence-corrected chi connectivity index (χ2v) is 7.42. The predicted octanol–water partition coefficient (Wildman–Crippen LogP) is 3.63. The van der Waals surface area contributed by atoms with E-state index >= 15 is 0 Å². The highest BCUT2D eigenvalue weighted by Crippen LogP contribution is 2.37. The minimum Gasteiger partial charge on any atom is -0.353 e. The Morgan fingerprint density at radius 1 is 1.29 bits per heavy atom. The zero-order chi connectivity index (χ0) is 14.5. The third kappa shape index (κ3) is 4.55. The molecule has 0 aromatic carbocycles. The summed E-state index contributed by atoms with van der Waals surface area (Å²) in [5.74, 6) is 1.01. The van der Waals surface area contributed by atoms with Crippen LogP contribution in [0.5, 0.6) is 0 Å². The minimum atomic E-state index is 0.229. The van der Waals surface area contributed by atoms with E-state index in [4.69, 9.17) is 0 Å². The molecular formula is C17H26N2OS. The van der Waals surface area contributed by atoms with Crippen molar-refractivity contribution >= 4 is 17.2 Å². The van der Waals surface area contributed by atoms with Crippen molar-refractivity contribution in [2.45, 2.75) is 63.5 Å². The third-order valence-corrected chi connectivity index (χ3v) is 5.56. The summed E-state index contributed by atoms with van der Waals surface area (Å²) in [6, 6.07) is 5.38. The number of hydrogen-bond acceptors (Lipinski definition) is 3. The first kappa shape index (κ1) is 15.0. The van der Waals surface area contributed by atoms with Crippen molar-refractivity contribution in [2.75, 3.05) is 6.54 Å². The molecule has 2 saturated carbocycles. The Morgan fingerprint density at radius 3 is 2.76 bits per heavy atom. The minimum absolute atomic E-state index is 0.229. The van der Waals surface area contributed by atoms with Crippen LogP contribution in [0.4, 0.5) is 0 Å². The summed E-state index contributed by atoms with van der Waals surface area (Å²) in [7, 11) is 0. The lowest BCUT2D eigenvalue weighted by Crippen LogP contribution is -2.29. The van der Waals surface area contributed by atoms with E-state index in [0.29, 0.717) is 18.5 Å². The summed E-state index contributed by atoms with van der Waals surface area (Å²) < 4.78 is 0. The Balaban J connectivity index is 1.42. The van der Waals surface area contributed by atoms with Gasteiger partial charge in [0.1, 0.15) is 0 Å². The van der Waals surface area contributed by atoms with E-state index in [-0.39, 0.29) is 5.91 Å². The van der Waals surface area contributed by atoms with Gasteiger partial charge in [0.05, 0.1) is 0 Å². The van der Waals surface area contributed by atoms with Crippen LogP contribution >= 0.6 is 11.3 Å². The highest BCUT2D eigenvalue weighted by molar-refractivity contribution is 7.10. The first-order valence-electron chi connectivity index (χ1n) is 8.39. The Labute approximate surface area is 131 Å². The molecule has 1 heterocycles. The number of thiophene rings is 1. The molecule has 3 rings (SSSR count). The van der Waals surface area contributed by atoms with E-state index in [9.17, 15) is 4.79 Å². The lowest BCUT2D eigenvalue weighted by atomic mass is 9.96. The second-order valence-electron chi connectivity index (χ2n) is 6.44. The first-order valence-corrected chi connectivity index (χ1v) is 9.27. The van der Waals surface area contributed by atoms with Gasteiger partial charge in [0.25, 0.3) is 0 Å². The molecule has 4 heteroatoms. The molecule has 2 N–H and O–H groups in total. The van der Waals surface area contributed by atoms with Gasteiger partial charge < -0.3 is 10.6 Å². The molecule has 0 aliphatic heterocycles. The van der Waals surface area contributed by atoms with Gasteiger partial charge in [-0.3, -0.25) is 4.79 Å². The average Bonchev–Trinajstić information content (AvgIpc) is 2.99. The van der Waals surface area contributed by atoms with Gasteiger partial charge in [-0.25, -0.2) is 0 Å². The molecule has 2 aliphatic rings. The summed E-state index contributed by atoms with van der Waals surface area (Å²) in [6.45, 7) is 0.942. The van der Waals surface area contributed by atoms with Crippen molar-refractivity contribution in [3.8, 4) is 0 Å². The van der Waals surface area contributed by atoms with Crippen molar-refractivity contribution < 1.29 is 4.79 Å². The SMILES string of the molecule is O=C(CCCNC(c1cccs1)C1CCCC1)NC1CC1. The molecule has 1 unspecified atom stereocenters. The Morgan fingerprint density at radius 2 is 2.10 bits per heavy atom. The largest absolute Gasteiger partial charge is 0.353 e. The standard InChI is InChI=1S/C17H26N2OS/c20-16(19-14-9-10-14)8-3-11-18-17(13-5-1-2-6-13)15-7-4-12-21-15/h4,7,12-14,17-18H,1-3,5-6,8-11H2,(H,19,20). The topological polar surface area (TPSA) is 41.1 Å². The highest BCUT2D eigenvalue weighted by Gasteiger charge is 2.26. The summed E-state index contributed by atoms with van der Waals surface area (Å²) >= 11 is 1.86. The molecule has 0 bridgehead atoms. The molecular weight excluding hydrogens is 280 g/mol. The number of nitrogens with one attached hydrogen (secondary N) is 2. The Kier molecular flexibility index (Phi) is 5.31. The van der Waals surface area contributed by atoms with E-state index < -0.39 is 0 Å². The van der Waals surface area contributed by atoms with E-state index in [1.807, 2.05) is 11.3 Å². The monoisotopic (exact) mass is 306 g/mol. The smallest absolute Gasteiger partial charge is 0.220 e. The second kappa shape index (κ2) is 7.41. The zero-order valence-electron chi connectivity index (χ0n) is 12.6. The fourth-order valence-electron chi connectivity index (χ4n) is 3.29. The maximum atomic E-state index is 11.7. The van der Waals surface area contributed by atoms with Crippen LogP contribution in [0.2, 0.25) is 0 Å². The molecule has 3 nitrogen and oxygen atoms in total. The molecule has 116 valence electrons. The van der Waals surface area contributed by atoms with E-state index in [0.717, 1.165) is 18.9 Å². The van der Waals surface area contributed by atoms with Crippen molar-refractivity contribution in [1.82, 2.24) is 10.6 Å². The molecule has 1 aromatic heterocycles. The van der Waals surface area contributed by atoms with Crippen LogP contribution in [0, 0.1) is 5.92 Å². The predicted molar refractivity (Wildman–Crippen MR) is 87.4 cm³/mol. The Bertz CT molecular complexity index is 436. The number of rotatable bonds is 8. The molecule has 2 fully saturated rings. The zero-order valence-corrected chi connectivity index (χ0v) is 13.5. The van der Waals surface area contributed by atoms with Gasteiger partial charge in [-0.15, -0.1) is 11.3 Å². The van der Waals surface area contributed by atoms with Gasteiger partial charge in [0.15, 0.2) is 0 Å². The number of amides is 1. The van der Waals surface area contributed by atoms with Crippen molar-refractivity contribution in [2.24, 2.45) is 5.92 Å². The van der Waals surface area contributed by atoms with Gasteiger partial charge in [-0.1, -0.05) is 18.9 Å². The molecule has 1 atom stereocenters. The first-order chi connectivity index (χ1) is 10.3. The molecule has 1 aromatic rings. The van der Waals surface area contributed by atoms with E-state index in [1.165, 1.54) is 43.4 Å². The normalized spacial score (nSPS) is 20.6. The van der Waals surface area contributed by atoms with E-state index in [1.54, 1.807) is 0 Å². The van der Waals surface area contributed by atoms with Crippen LogP contribution in [0.3, 0.4) is 0 Å². The summed E-state index contributed by atoms with van der Waals surface area (Å²) in [5.41, 5.74) is 0. The number of carbonyl (C=O) groups excluding carboxylic acids is 1. The fourth-order valence-corrected chi connectivity index (χ4v) is 4.19. The van der Waals surface area contributed by atoms with Crippen LogP contribution in [0.1, 0.15) is 62.3 Å². The molecule has 2 aliphatic carbocycles. The van der Waals surface area contributed by atoms with Crippen molar-refractivity contribution in [3.05, 3.63) is 22.4 Å². The fraction of sp³-hybridized carbons (Fsp3) is 0.706. The molecule has 0 saturated heterocycles. The summed E-state index contributed by atoms with van der Waals surface area (Å²) in [6.07, 6.45) is 9.38. The van der Waals surface area contributed by atoms with Crippen LogP contribution in [0.15, 0.2) is 17.5 Å². The average molecular weight is 306 g/mol. The molecule has 0 radical (unpaired) electrons. The lowest BCUT2D eigenvalue weighted by Gasteiger charge is -2.24. The van der Waals surface area contributed by atoms with Gasteiger partial charge in [-0.05, 0) is 56.0 Å². The Hall–Kier alpha value is -0.870. The summed E-state index contributed by atoms with van der Waals surface area (Å²) in [5, 5.41) is 8.95. The van der Waals surface area contributed by atoms with Gasteiger partial charge in [0, 0.05) is 23.4 Å². The van der Waals surface area contributed by atoms with Gasteiger partial charge in [0.2, 0.25) is 5.91 Å². The molecule has 21 heavy (non-hydrogen) atoms. The quantitative estimate of drug-likeness (QED) is 0.720. The number of carbonyl (C=O) groups is 1. The van der Waals surface area contributed by atoms with Gasteiger partial charge >= 0.3 is 0 Å². The molecule has 0 spiro atoms. The van der Waals surface area contributed by atoms with Crippen molar-refractivity contribution in [1.29, 1.82) is 0 Å². The molecule has 1 amide bonds. The highest BCUT2D eigenvalue weighted by atomic mass is 32.1. The maximum absolute atomic E-state index is 11.7. The van der Waals surface area contributed by atoms with Crippen LogP contribution in [-0.4, -0.2) is 18.5 Å². The van der Waals surface area contributed by atoms with Crippen LogP contribution < -0.4 is 10.6 Å². The number of hydrogen-bond donors (Lipinski definition) is 2. The summed E-state index contributed by atoms with van der Waals surface area (Å²) in [4.78, 5) is 13.1. The maximum Gasteiger partial charge on any atom is 0.220 e.